The minimum atomic E-state index is 0.606. The number of rotatable bonds is 6. The Kier molecular flexibility index (Phi) is 4.07. The molecule has 4 heteroatoms. The fourth-order valence-corrected chi connectivity index (χ4v) is 2.47. The molecule has 0 aliphatic heterocycles. The van der Waals surface area contributed by atoms with Crippen LogP contribution in [0, 0.1) is 13.8 Å². The van der Waals surface area contributed by atoms with Crippen molar-refractivity contribution in [1.82, 2.24) is 20.0 Å². The van der Waals surface area contributed by atoms with Gasteiger partial charge in [0.15, 0.2) is 0 Å². The number of aryl methyl sites for hydroxylation is 2. The van der Waals surface area contributed by atoms with E-state index in [0.717, 1.165) is 24.8 Å². The molecule has 1 heterocycles. The molecule has 0 amide bonds. The van der Waals surface area contributed by atoms with Gasteiger partial charge in [0.05, 0.1) is 5.69 Å². The lowest BCUT2D eigenvalue weighted by atomic mass is 10.2. The SMILES string of the molecule is Cc1nn(C)c(C)c1CNCC(C)N(C)C1CC1. The summed E-state index contributed by atoms with van der Waals surface area (Å²) in [6, 6.07) is 1.44. The van der Waals surface area contributed by atoms with Crippen molar-refractivity contribution in [3.63, 3.8) is 0 Å². The lowest BCUT2D eigenvalue weighted by molar-refractivity contribution is 0.241. The van der Waals surface area contributed by atoms with Crippen molar-refractivity contribution >= 4 is 0 Å². The van der Waals surface area contributed by atoms with E-state index < -0.39 is 0 Å². The third kappa shape index (κ3) is 2.93. The molecule has 1 fully saturated rings. The van der Waals surface area contributed by atoms with E-state index in [1.165, 1.54) is 24.1 Å². The first-order chi connectivity index (χ1) is 8.50. The normalized spacial score (nSPS) is 17.4. The zero-order chi connectivity index (χ0) is 13.3. The van der Waals surface area contributed by atoms with Gasteiger partial charge in [-0.05, 0) is 40.7 Å². The molecule has 1 aliphatic rings. The zero-order valence-corrected chi connectivity index (χ0v) is 12.3. The second-order valence-electron chi connectivity index (χ2n) is 5.65. The lowest BCUT2D eigenvalue weighted by Gasteiger charge is -2.24. The minimum absolute atomic E-state index is 0.606. The molecule has 1 unspecified atom stereocenters. The summed E-state index contributed by atoms with van der Waals surface area (Å²) in [5.74, 6) is 0. The Morgan fingerprint density at radius 1 is 1.44 bits per heavy atom. The second kappa shape index (κ2) is 5.41. The van der Waals surface area contributed by atoms with Crippen molar-refractivity contribution in [2.45, 2.75) is 52.2 Å². The molecule has 1 N–H and O–H groups in total. The Hall–Kier alpha value is -0.870. The minimum Gasteiger partial charge on any atom is -0.311 e. The quantitative estimate of drug-likeness (QED) is 0.832. The molecular formula is C14H26N4. The molecule has 1 aromatic heterocycles. The number of hydrogen-bond acceptors (Lipinski definition) is 3. The third-order valence-electron chi connectivity index (χ3n) is 4.22. The second-order valence-corrected chi connectivity index (χ2v) is 5.65. The maximum Gasteiger partial charge on any atom is 0.0641 e. The number of hydrogen-bond donors (Lipinski definition) is 1. The first kappa shape index (κ1) is 13.6. The summed E-state index contributed by atoms with van der Waals surface area (Å²) >= 11 is 0. The highest BCUT2D eigenvalue weighted by atomic mass is 15.3. The van der Waals surface area contributed by atoms with Crippen LogP contribution in [0.3, 0.4) is 0 Å². The van der Waals surface area contributed by atoms with Crippen LogP contribution in [-0.2, 0) is 13.6 Å². The molecule has 1 atom stereocenters. The van der Waals surface area contributed by atoms with Gasteiger partial charge in [0, 0.05) is 43.5 Å². The highest BCUT2D eigenvalue weighted by Gasteiger charge is 2.28. The van der Waals surface area contributed by atoms with Crippen LogP contribution in [0.4, 0.5) is 0 Å². The molecule has 1 aromatic rings. The molecule has 0 spiro atoms. The monoisotopic (exact) mass is 250 g/mol. The van der Waals surface area contributed by atoms with Crippen molar-refractivity contribution in [2.24, 2.45) is 7.05 Å². The first-order valence-corrected chi connectivity index (χ1v) is 6.92. The van der Waals surface area contributed by atoms with Crippen LogP contribution in [0.5, 0.6) is 0 Å². The number of nitrogens with one attached hydrogen (secondary N) is 1. The van der Waals surface area contributed by atoms with E-state index in [2.05, 4.69) is 43.1 Å². The fourth-order valence-electron chi connectivity index (χ4n) is 2.47. The molecule has 1 aliphatic carbocycles. The standard InChI is InChI=1S/C14H26N4/c1-10(17(4)13-6-7-13)8-15-9-14-11(2)16-18(5)12(14)3/h10,13,15H,6-9H2,1-5H3. The summed E-state index contributed by atoms with van der Waals surface area (Å²) in [5.41, 5.74) is 3.76. The molecule has 0 radical (unpaired) electrons. The van der Waals surface area contributed by atoms with E-state index in [0.29, 0.717) is 6.04 Å². The summed E-state index contributed by atoms with van der Waals surface area (Å²) in [6.45, 7) is 8.49. The average Bonchev–Trinajstić information content (AvgIpc) is 3.12. The Bertz CT molecular complexity index is 406. The lowest BCUT2D eigenvalue weighted by Crippen LogP contribution is -2.39. The van der Waals surface area contributed by atoms with Gasteiger partial charge < -0.3 is 5.32 Å². The van der Waals surface area contributed by atoms with Crippen LogP contribution in [0.2, 0.25) is 0 Å². The van der Waals surface area contributed by atoms with E-state index in [1.54, 1.807) is 0 Å². The predicted molar refractivity (Wildman–Crippen MR) is 74.6 cm³/mol. The van der Waals surface area contributed by atoms with Gasteiger partial charge in [-0.3, -0.25) is 9.58 Å². The summed E-state index contributed by atoms with van der Waals surface area (Å²) in [5, 5.41) is 8.01. The maximum absolute atomic E-state index is 4.45. The van der Waals surface area contributed by atoms with Crippen molar-refractivity contribution in [1.29, 1.82) is 0 Å². The molecule has 2 rings (SSSR count). The van der Waals surface area contributed by atoms with Crippen molar-refractivity contribution in [2.75, 3.05) is 13.6 Å². The van der Waals surface area contributed by atoms with Gasteiger partial charge in [-0.1, -0.05) is 0 Å². The summed E-state index contributed by atoms with van der Waals surface area (Å²) in [6.07, 6.45) is 2.75. The third-order valence-corrected chi connectivity index (χ3v) is 4.22. The van der Waals surface area contributed by atoms with Crippen LogP contribution in [-0.4, -0.2) is 40.4 Å². The largest absolute Gasteiger partial charge is 0.311 e. The number of nitrogens with zero attached hydrogens (tertiary/aromatic N) is 3. The fraction of sp³-hybridized carbons (Fsp3) is 0.786. The molecule has 4 nitrogen and oxygen atoms in total. The smallest absolute Gasteiger partial charge is 0.0641 e. The number of aromatic nitrogens is 2. The summed E-state index contributed by atoms with van der Waals surface area (Å²) < 4.78 is 1.96. The molecule has 1 saturated carbocycles. The molecule has 0 aromatic carbocycles. The van der Waals surface area contributed by atoms with Gasteiger partial charge in [-0.2, -0.15) is 5.10 Å². The van der Waals surface area contributed by atoms with Crippen molar-refractivity contribution in [3.8, 4) is 0 Å². The maximum atomic E-state index is 4.45. The molecule has 18 heavy (non-hydrogen) atoms. The Morgan fingerprint density at radius 2 is 2.11 bits per heavy atom. The highest BCUT2D eigenvalue weighted by Crippen LogP contribution is 2.26. The van der Waals surface area contributed by atoms with Gasteiger partial charge in [0.2, 0.25) is 0 Å². The predicted octanol–water partition coefficient (Wildman–Crippen LogP) is 1.61. The van der Waals surface area contributed by atoms with E-state index in [4.69, 9.17) is 0 Å². The van der Waals surface area contributed by atoms with Crippen LogP contribution < -0.4 is 5.32 Å². The zero-order valence-electron chi connectivity index (χ0n) is 12.3. The van der Waals surface area contributed by atoms with Crippen LogP contribution >= 0.6 is 0 Å². The Labute approximate surface area is 110 Å². The highest BCUT2D eigenvalue weighted by molar-refractivity contribution is 5.23. The van der Waals surface area contributed by atoms with Gasteiger partial charge in [-0.25, -0.2) is 0 Å². The van der Waals surface area contributed by atoms with Crippen molar-refractivity contribution < 1.29 is 0 Å². The van der Waals surface area contributed by atoms with E-state index in [9.17, 15) is 0 Å². The molecule has 0 bridgehead atoms. The summed E-state index contributed by atoms with van der Waals surface area (Å²) in [4.78, 5) is 2.50. The van der Waals surface area contributed by atoms with Crippen LogP contribution in [0.25, 0.3) is 0 Å². The van der Waals surface area contributed by atoms with E-state index in [1.807, 2.05) is 11.7 Å². The Morgan fingerprint density at radius 3 is 2.61 bits per heavy atom. The van der Waals surface area contributed by atoms with E-state index in [-0.39, 0.29) is 0 Å². The summed E-state index contributed by atoms with van der Waals surface area (Å²) in [7, 11) is 4.25. The van der Waals surface area contributed by atoms with Crippen LogP contribution in [0.15, 0.2) is 0 Å². The topological polar surface area (TPSA) is 33.1 Å². The van der Waals surface area contributed by atoms with Crippen molar-refractivity contribution in [3.05, 3.63) is 17.0 Å². The number of likely N-dealkylation sites (N-methyl/N-ethyl adjacent to an activating group) is 1. The Balaban J connectivity index is 1.80. The van der Waals surface area contributed by atoms with Gasteiger partial charge in [0.25, 0.3) is 0 Å². The van der Waals surface area contributed by atoms with Gasteiger partial charge >= 0.3 is 0 Å². The van der Waals surface area contributed by atoms with Gasteiger partial charge in [0.1, 0.15) is 0 Å². The molecular weight excluding hydrogens is 224 g/mol. The molecule has 102 valence electrons. The average molecular weight is 250 g/mol. The molecule has 0 saturated heterocycles. The first-order valence-electron chi connectivity index (χ1n) is 6.92. The van der Waals surface area contributed by atoms with Crippen LogP contribution in [0.1, 0.15) is 36.7 Å². The van der Waals surface area contributed by atoms with E-state index >= 15 is 0 Å². The van der Waals surface area contributed by atoms with Gasteiger partial charge in [-0.15, -0.1) is 0 Å².